The van der Waals surface area contributed by atoms with Crippen LogP contribution in [-0.2, 0) is 4.79 Å². The molecule has 2 rings (SSSR count). The highest BCUT2D eigenvalue weighted by atomic mass is 35.5. The molecule has 0 radical (unpaired) electrons. The number of pyridine rings is 1. The molecule has 0 aliphatic rings. The van der Waals surface area contributed by atoms with E-state index in [0.29, 0.717) is 5.56 Å². The summed E-state index contributed by atoms with van der Waals surface area (Å²) in [7, 11) is 0. The minimum Gasteiger partial charge on any atom is -0.480 e. The molecule has 144 valence electrons. The van der Waals surface area contributed by atoms with Gasteiger partial charge in [-0.15, -0.1) is 0 Å². The Hall–Kier alpha value is -2.52. The van der Waals surface area contributed by atoms with Crippen molar-refractivity contribution in [3.05, 3.63) is 46.1 Å². The van der Waals surface area contributed by atoms with Gasteiger partial charge in [0.1, 0.15) is 6.54 Å². The molecular weight excluding hydrogens is 412 g/mol. The van der Waals surface area contributed by atoms with Gasteiger partial charge >= 0.3 is 12.1 Å². The topological polar surface area (TPSA) is 88.5 Å². The van der Waals surface area contributed by atoms with E-state index in [1.54, 1.807) is 0 Å². The van der Waals surface area contributed by atoms with Crippen molar-refractivity contribution in [1.82, 2.24) is 10.3 Å². The Morgan fingerprint density at radius 3 is 2.48 bits per heavy atom. The monoisotopic (exact) mass is 422 g/mol. The number of carbonyl (C=O) groups is 2. The largest absolute Gasteiger partial charge is 0.480 e. The molecular formula is C16H11Cl2F3N2O4. The quantitative estimate of drug-likeness (QED) is 0.738. The number of carboxylic acids is 1. The number of aliphatic carboxylic acids is 1. The zero-order valence-electron chi connectivity index (χ0n) is 13.3. The molecule has 2 aromatic rings. The van der Waals surface area contributed by atoms with Gasteiger partial charge in [-0.2, -0.15) is 13.2 Å². The average molecular weight is 423 g/mol. The van der Waals surface area contributed by atoms with Crippen molar-refractivity contribution >= 4 is 35.1 Å². The first-order chi connectivity index (χ1) is 12.6. The van der Waals surface area contributed by atoms with E-state index in [-0.39, 0.29) is 27.1 Å². The molecule has 0 saturated heterocycles. The molecule has 1 amide bonds. The van der Waals surface area contributed by atoms with Crippen molar-refractivity contribution in [2.45, 2.75) is 6.18 Å². The molecule has 0 bridgehead atoms. The number of hydrogen-bond donors (Lipinski definition) is 2. The van der Waals surface area contributed by atoms with Crippen LogP contribution in [0.25, 0.3) is 11.1 Å². The van der Waals surface area contributed by atoms with E-state index in [9.17, 15) is 22.8 Å². The van der Waals surface area contributed by atoms with Gasteiger partial charge in [-0.1, -0.05) is 29.3 Å². The zero-order valence-corrected chi connectivity index (χ0v) is 14.8. The molecule has 0 saturated carbocycles. The number of nitrogens with zero attached hydrogens (tertiary/aromatic N) is 1. The fourth-order valence-electron chi connectivity index (χ4n) is 1.97. The van der Waals surface area contributed by atoms with E-state index in [2.05, 4.69) is 10.3 Å². The van der Waals surface area contributed by atoms with E-state index in [0.717, 1.165) is 6.20 Å². The highest BCUT2D eigenvalue weighted by Gasteiger charge is 2.29. The summed E-state index contributed by atoms with van der Waals surface area (Å²) in [5.41, 5.74) is 0.291. The average Bonchev–Trinajstić information content (AvgIpc) is 2.59. The minimum atomic E-state index is -4.59. The maximum atomic E-state index is 12.5. The molecule has 0 fully saturated rings. The molecule has 0 aliphatic carbocycles. The highest BCUT2D eigenvalue weighted by molar-refractivity contribution is 6.42. The maximum absolute atomic E-state index is 12.5. The first-order valence-electron chi connectivity index (χ1n) is 7.22. The summed E-state index contributed by atoms with van der Waals surface area (Å²) in [5, 5.41) is 11.1. The number of carbonyl (C=O) groups excluding carboxylic acids is 1. The van der Waals surface area contributed by atoms with Crippen LogP contribution >= 0.6 is 23.2 Å². The SMILES string of the molecule is O=C(O)CNC(=O)c1cnc(OCC(F)(F)F)c(-c2ccc(Cl)c(Cl)c2)c1. The fraction of sp³-hybridized carbons (Fsp3) is 0.188. The van der Waals surface area contributed by atoms with Crippen molar-refractivity contribution in [3.63, 3.8) is 0 Å². The summed E-state index contributed by atoms with van der Waals surface area (Å²) in [6.07, 6.45) is -3.61. The number of benzene rings is 1. The maximum Gasteiger partial charge on any atom is 0.422 e. The lowest BCUT2D eigenvalue weighted by Gasteiger charge is -2.14. The molecule has 2 N–H and O–H groups in total. The molecule has 1 aromatic carbocycles. The van der Waals surface area contributed by atoms with E-state index in [1.807, 2.05) is 0 Å². The van der Waals surface area contributed by atoms with Gasteiger partial charge in [0.15, 0.2) is 6.61 Å². The normalized spacial score (nSPS) is 11.1. The van der Waals surface area contributed by atoms with Crippen LogP contribution in [0.4, 0.5) is 13.2 Å². The first-order valence-corrected chi connectivity index (χ1v) is 7.97. The number of aromatic nitrogens is 1. The Bertz CT molecular complexity index is 875. The predicted octanol–water partition coefficient (Wildman–Crippen LogP) is 3.81. The number of alkyl halides is 3. The molecule has 0 aliphatic heterocycles. The highest BCUT2D eigenvalue weighted by Crippen LogP contribution is 2.34. The third kappa shape index (κ3) is 6.00. The Kier molecular flexibility index (Phi) is 6.50. The fourth-order valence-corrected chi connectivity index (χ4v) is 2.27. The predicted molar refractivity (Wildman–Crippen MR) is 91.2 cm³/mol. The molecule has 6 nitrogen and oxygen atoms in total. The van der Waals surface area contributed by atoms with Gasteiger partial charge in [0.05, 0.1) is 15.6 Å². The number of carboxylic acid groups (broad SMARTS) is 1. The summed E-state index contributed by atoms with van der Waals surface area (Å²) < 4.78 is 42.1. The van der Waals surface area contributed by atoms with E-state index >= 15 is 0 Å². The summed E-state index contributed by atoms with van der Waals surface area (Å²) >= 11 is 11.8. The van der Waals surface area contributed by atoms with Crippen molar-refractivity contribution in [3.8, 4) is 17.0 Å². The van der Waals surface area contributed by atoms with Gasteiger partial charge in [0, 0.05) is 11.8 Å². The lowest BCUT2D eigenvalue weighted by atomic mass is 10.0. The molecule has 1 heterocycles. The zero-order chi connectivity index (χ0) is 20.2. The van der Waals surface area contributed by atoms with Gasteiger partial charge in [0.25, 0.3) is 5.91 Å². The smallest absolute Gasteiger partial charge is 0.422 e. The van der Waals surface area contributed by atoms with Gasteiger partial charge in [0.2, 0.25) is 5.88 Å². The summed E-state index contributed by atoms with van der Waals surface area (Å²) in [5.74, 6) is -2.40. The van der Waals surface area contributed by atoms with Gasteiger partial charge in [-0.05, 0) is 23.8 Å². The molecule has 0 unspecified atom stereocenters. The van der Waals surface area contributed by atoms with Crippen LogP contribution in [-0.4, -0.2) is 41.3 Å². The molecule has 11 heteroatoms. The van der Waals surface area contributed by atoms with Crippen molar-refractivity contribution in [2.24, 2.45) is 0 Å². The summed E-state index contributed by atoms with van der Waals surface area (Å²) in [6.45, 7) is -2.22. The number of hydrogen-bond acceptors (Lipinski definition) is 4. The van der Waals surface area contributed by atoms with Gasteiger partial charge in [-0.25, -0.2) is 4.98 Å². The van der Waals surface area contributed by atoms with Crippen LogP contribution in [0, 0.1) is 0 Å². The third-order valence-corrected chi connectivity index (χ3v) is 3.86. The Morgan fingerprint density at radius 2 is 1.89 bits per heavy atom. The second kappa shape index (κ2) is 8.45. The summed E-state index contributed by atoms with van der Waals surface area (Å²) in [4.78, 5) is 26.3. The van der Waals surface area contributed by atoms with Gasteiger partial charge in [-0.3, -0.25) is 9.59 Å². The number of amides is 1. The minimum absolute atomic E-state index is 0.0563. The number of rotatable bonds is 6. The molecule has 27 heavy (non-hydrogen) atoms. The van der Waals surface area contributed by atoms with Crippen LogP contribution < -0.4 is 10.1 Å². The second-order valence-corrected chi connectivity index (χ2v) is 6.00. The first kappa shape index (κ1) is 20.8. The molecule has 1 aromatic heterocycles. The van der Waals surface area contributed by atoms with Crippen molar-refractivity contribution < 1.29 is 32.6 Å². The second-order valence-electron chi connectivity index (χ2n) is 5.19. The Balaban J connectivity index is 2.43. The van der Waals surface area contributed by atoms with Gasteiger partial charge < -0.3 is 15.2 Å². The Labute approximate surface area is 160 Å². The lowest BCUT2D eigenvalue weighted by molar-refractivity contribution is -0.154. The van der Waals surface area contributed by atoms with E-state index < -0.39 is 31.2 Å². The van der Waals surface area contributed by atoms with Crippen LogP contribution in [0.1, 0.15) is 10.4 Å². The Morgan fingerprint density at radius 1 is 1.19 bits per heavy atom. The van der Waals surface area contributed by atoms with Crippen LogP contribution in [0.3, 0.4) is 0 Å². The molecule has 0 spiro atoms. The van der Waals surface area contributed by atoms with E-state index in [4.69, 9.17) is 33.0 Å². The molecule has 0 atom stereocenters. The number of nitrogens with one attached hydrogen (secondary N) is 1. The lowest BCUT2D eigenvalue weighted by Crippen LogP contribution is -2.29. The third-order valence-electron chi connectivity index (χ3n) is 3.12. The summed E-state index contributed by atoms with van der Waals surface area (Å²) in [6, 6.07) is 5.48. The standard InChI is InChI=1S/C16H11Cl2F3N2O4/c17-11-2-1-8(4-12(11)18)10-3-9(14(26)22-6-13(24)25)5-23-15(10)27-7-16(19,20)21/h1-5H,6-7H2,(H,22,26)(H,24,25). The van der Waals surface area contributed by atoms with Crippen LogP contribution in [0.5, 0.6) is 5.88 Å². The number of ether oxygens (including phenoxy) is 1. The van der Waals surface area contributed by atoms with Crippen molar-refractivity contribution in [1.29, 1.82) is 0 Å². The van der Waals surface area contributed by atoms with Crippen LogP contribution in [0.2, 0.25) is 10.0 Å². The van der Waals surface area contributed by atoms with Crippen LogP contribution in [0.15, 0.2) is 30.5 Å². The van der Waals surface area contributed by atoms with Crippen molar-refractivity contribution in [2.75, 3.05) is 13.2 Å². The number of halogens is 5. The van der Waals surface area contributed by atoms with E-state index in [1.165, 1.54) is 24.3 Å².